The average molecular weight is 342 g/mol. The van der Waals surface area contributed by atoms with Crippen LogP contribution in [-0.4, -0.2) is 37.0 Å². The maximum absolute atomic E-state index is 12.2. The standard InChI is InChI=1S/C18H18N2O5/c1-2-23-15-5-3-4-13(17(15)21)11-19-20-18(22)12-6-7-14-16(10-12)25-9-8-24-14/h3-7,10-11,21H,2,8-9H2,1H3,(H,20,22)/b19-11-. The molecule has 1 aliphatic heterocycles. The minimum Gasteiger partial charge on any atom is -0.504 e. The van der Waals surface area contributed by atoms with Gasteiger partial charge in [0.1, 0.15) is 13.2 Å². The number of benzene rings is 2. The van der Waals surface area contributed by atoms with Gasteiger partial charge < -0.3 is 19.3 Å². The maximum Gasteiger partial charge on any atom is 0.271 e. The Labute approximate surface area is 144 Å². The third-order valence-electron chi connectivity index (χ3n) is 3.50. The van der Waals surface area contributed by atoms with E-state index in [1.807, 2.05) is 6.92 Å². The van der Waals surface area contributed by atoms with E-state index >= 15 is 0 Å². The molecule has 2 aromatic carbocycles. The lowest BCUT2D eigenvalue weighted by molar-refractivity contribution is 0.0954. The topological polar surface area (TPSA) is 89.4 Å². The van der Waals surface area contributed by atoms with Crippen molar-refractivity contribution in [2.24, 2.45) is 5.10 Å². The van der Waals surface area contributed by atoms with Crippen LogP contribution in [-0.2, 0) is 0 Å². The van der Waals surface area contributed by atoms with E-state index in [9.17, 15) is 9.90 Å². The summed E-state index contributed by atoms with van der Waals surface area (Å²) in [4.78, 5) is 12.2. The van der Waals surface area contributed by atoms with Crippen LogP contribution in [0.5, 0.6) is 23.0 Å². The van der Waals surface area contributed by atoms with Crippen LogP contribution in [0.25, 0.3) is 0 Å². The molecule has 1 amide bonds. The predicted octanol–water partition coefficient (Wildman–Crippen LogP) is 2.33. The van der Waals surface area contributed by atoms with E-state index in [1.54, 1.807) is 36.4 Å². The van der Waals surface area contributed by atoms with Crippen molar-refractivity contribution in [3.05, 3.63) is 47.5 Å². The SMILES string of the molecule is CCOc1cccc(/C=N\NC(=O)c2ccc3c(c2)OCCO3)c1O. The highest BCUT2D eigenvalue weighted by Gasteiger charge is 2.14. The largest absolute Gasteiger partial charge is 0.504 e. The molecule has 1 aliphatic rings. The number of hydrogen-bond acceptors (Lipinski definition) is 6. The lowest BCUT2D eigenvalue weighted by Gasteiger charge is -2.18. The van der Waals surface area contributed by atoms with E-state index in [4.69, 9.17) is 14.2 Å². The van der Waals surface area contributed by atoms with Crippen molar-refractivity contribution in [2.45, 2.75) is 6.92 Å². The van der Waals surface area contributed by atoms with Crippen LogP contribution in [0, 0.1) is 0 Å². The van der Waals surface area contributed by atoms with Gasteiger partial charge >= 0.3 is 0 Å². The minimum atomic E-state index is -0.395. The summed E-state index contributed by atoms with van der Waals surface area (Å²) in [5.41, 5.74) is 3.25. The van der Waals surface area contributed by atoms with Gasteiger partial charge in [-0.2, -0.15) is 5.10 Å². The number of nitrogens with one attached hydrogen (secondary N) is 1. The Morgan fingerprint density at radius 3 is 2.88 bits per heavy atom. The van der Waals surface area contributed by atoms with Crippen LogP contribution in [0.4, 0.5) is 0 Å². The van der Waals surface area contributed by atoms with Gasteiger partial charge in [0.15, 0.2) is 23.0 Å². The number of phenolic OH excluding ortho intramolecular Hbond substituents is 1. The normalized spacial score (nSPS) is 12.8. The first-order valence-corrected chi connectivity index (χ1v) is 7.87. The van der Waals surface area contributed by atoms with E-state index in [2.05, 4.69) is 10.5 Å². The fourth-order valence-electron chi connectivity index (χ4n) is 2.33. The number of para-hydroxylation sites is 1. The van der Waals surface area contributed by atoms with Crippen LogP contribution < -0.4 is 19.6 Å². The fraction of sp³-hybridized carbons (Fsp3) is 0.222. The van der Waals surface area contributed by atoms with E-state index < -0.39 is 5.91 Å². The van der Waals surface area contributed by atoms with Crippen molar-refractivity contribution in [3.8, 4) is 23.0 Å². The second-order valence-corrected chi connectivity index (χ2v) is 5.18. The summed E-state index contributed by atoms with van der Waals surface area (Å²) >= 11 is 0. The van der Waals surface area contributed by atoms with Gasteiger partial charge in [0.2, 0.25) is 0 Å². The second-order valence-electron chi connectivity index (χ2n) is 5.18. The van der Waals surface area contributed by atoms with E-state index in [-0.39, 0.29) is 5.75 Å². The molecule has 0 atom stereocenters. The molecule has 0 aromatic heterocycles. The number of ether oxygens (including phenoxy) is 3. The molecule has 0 radical (unpaired) electrons. The monoisotopic (exact) mass is 342 g/mol. The Bertz CT molecular complexity index is 804. The summed E-state index contributed by atoms with van der Waals surface area (Å²) in [5, 5.41) is 14.0. The molecule has 0 saturated heterocycles. The Kier molecular flexibility index (Phi) is 5.03. The first-order valence-electron chi connectivity index (χ1n) is 7.87. The van der Waals surface area contributed by atoms with Crippen molar-refractivity contribution in [3.63, 3.8) is 0 Å². The zero-order valence-corrected chi connectivity index (χ0v) is 13.7. The molecule has 2 aromatic rings. The predicted molar refractivity (Wildman–Crippen MR) is 91.8 cm³/mol. The zero-order chi connectivity index (χ0) is 17.6. The first kappa shape index (κ1) is 16.6. The third-order valence-corrected chi connectivity index (χ3v) is 3.50. The fourth-order valence-corrected chi connectivity index (χ4v) is 2.33. The van der Waals surface area contributed by atoms with Crippen molar-refractivity contribution in [2.75, 3.05) is 19.8 Å². The van der Waals surface area contributed by atoms with Gasteiger partial charge in [0.05, 0.1) is 12.8 Å². The smallest absolute Gasteiger partial charge is 0.271 e. The summed E-state index contributed by atoms with van der Waals surface area (Å²) in [6.45, 7) is 3.21. The number of phenols is 1. The number of hydrazone groups is 1. The lowest BCUT2D eigenvalue weighted by atomic mass is 10.2. The highest BCUT2D eigenvalue weighted by atomic mass is 16.6. The van der Waals surface area contributed by atoms with Gasteiger partial charge in [-0.1, -0.05) is 6.07 Å². The molecule has 7 nitrogen and oxygen atoms in total. The number of rotatable bonds is 5. The van der Waals surface area contributed by atoms with Crippen LogP contribution in [0.1, 0.15) is 22.8 Å². The molecule has 0 unspecified atom stereocenters. The second kappa shape index (κ2) is 7.57. The number of carbonyl (C=O) groups is 1. The highest BCUT2D eigenvalue weighted by molar-refractivity contribution is 5.95. The Hall–Kier alpha value is -3.22. The molecule has 1 heterocycles. The molecule has 130 valence electrons. The molecule has 3 rings (SSSR count). The summed E-state index contributed by atoms with van der Waals surface area (Å²) in [5.74, 6) is 1.09. The molecule has 0 fully saturated rings. The van der Waals surface area contributed by atoms with Crippen molar-refractivity contribution in [1.29, 1.82) is 0 Å². The lowest BCUT2D eigenvalue weighted by Crippen LogP contribution is -2.19. The van der Waals surface area contributed by atoms with Crippen LogP contribution in [0.15, 0.2) is 41.5 Å². The minimum absolute atomic E-state index is 0.0262. The number of nitrogens with zero attached hydrogens (tertiary/aromatic N) is 1. The van der Waals surface area contributed by atoms with Crippen LogP contribution in [0.2, 0.25) is 0 Å². The first-order chi connectivity index (χ1) is 12.2. The summed E-state index contributed by atoms with van der Waals surface area (Å²) in [6.07, 6.45) is 1.35. The number of amides is 1. The van der Waals surface area contributed by atoms with Gasteiger partial charge in [0, 0.05) is 11.1 Å². The van der Waals surface area contributed by atoms with E-state index in [0.717, 1.165) is 0 Å². The molecule has 25 heavy (non-hydrogen) atoms. The molecule has 0 spiro atoms. The van der Waals surface area contributed by atoms with Gasteiger partial charge in [-0.05, 0) is 37.3 Å². The molecule has 2 N–H and O–H groups in total. The van der Waals surface area contributed by atoms with E-state index in [1.165, 1.54) is 6.21 Å². The molecule has 0 bridgehead atoms. The van der Waals surface area contributed by atoms with E-state index in [0.29, 0.717) is 48.2 Å². The van der Waals surface area contributed by atoms with Crippen molar-refractivity contribution in [1.82, 2.24) is 5.43 Å². The molecular weight excluding hydrogens is 324 g/mol. The zero-order valence-electron chi connectivity index (χ0n) is 13.7. The molecule has 7 heteroatoms. The molecule has 0 saturated carbocycles. The summed E-state index contributed by atoms with van der Waals surface area (Å²) in [6, 6.07) is 9.97. The summed E-state index contributed by atoms with van der Waals surface area (Å²) in [7, 11) is 0. The van der Waals surface area contributed by atoms with Gasteiger partial charge in [-0.25, -0.2) is 5.43 Å². The van der Waals surface area contributed by atoms with Gasteiger partial charge in [0.25, 0.3) is 5.91 Å². The Balaban J connectivity index is 1.68. The van der Waals surface area contributed by atoms with Crippen LogP contribution in [0.3, 0.4) is 0 Å². The average Bonchev–Trinajstić information content (AvgIpc) is 2.64. The van der Waals surface area contributed by atoms with Gasteiger partial charge in [-0.3, -0.25) is 4.79 Å². The van der Waals surface area contributed by atoms with Crippen LogP contribution >= 0.6 is 0 Å². The van der Waals surface area contributed by atoms with Crippen molar-refractivity contribution < 1.29 is 24.1 Å². The number of aromatic hydroxyl groups is 1. The third kappa shape index (κ3) is 3.82. The number of fused-ring (bicyclic) bond motifs is 1. The van der Waals surface area contributed by atoms with Crippen molar-refractivity contribution >= 4 is 12.1 Å². The molecule has 0 aliphatic carbocycles. The number of hydrogen-bond donors (Lipinski definition) is 2. The highest BCUT2D eigenvalue weighted by Crippen LogP contribution is 2.31. The summed E-state index contributed by atoms with van der Waals surface area (Å²) < 4.78 is 16.2. The Morgan fingerprint density at radius 1 is 1.28 bits per heavy atom. The number of carbonyl (C=O) groups excluding carboxylic acids is 1. The maximum atomic E-state index is 12.2. The quantitative estimate of drug-likeness (QED) is 0.643. The molecular formula is C18H18N2O5. The Morgan fingerprint density at radius 2 is 2.08 bits per heavy atom. The van der Waals surface area contributed by atoms with Gasteiger partial charge in [-0.15, -0.1) is 0 Å².